The molecule has 1 amide bonds. The van der Waals surface area contributed by atoms with Crippen molar-refractivity contribution in [2.45, 2.75) is 32.4 Å². The summed E-state index contributed by atoms with van der Waals surface area (Å²) in [6.45, 7) is 7.05. The van der Waals surface area contributed by atoms with E-state index in [1.165, 1.54) is 0 Å². The van der Waals surface area contributed by atoms with Crippen molar-refractivity contribution in [3.05, 3.63) is 28.2 Å². The van der Waals surface area contributed by atoms with Crippen LogP contribution in [0.1, 0.15) is 32.4 Å². The summed E-state index contributed by atoms with van der Waals surface area (Å²) in [7, 11) is 1.83. The van der Waals surface area contributed by atoms with Gasteiger partial charge in [0, 0.05) is 35.9 Å². The molecule has 1 fully saturated rings. The zero-order chi connectivity index (χ0) is 15.1. The third-order valence-corrected chi connectivity index (χ3v) is 4.43. The summed E-state index contributed by atoms with van der Waals surface area (Å²) >= 11 is 3.47. The quantitative estimate of drug-likeness (QED) is 0.899. The number of anilines is 1. The monoisotopic (exact) mass is 340 g/mol. The van der Waals surface area contributed by atoms with E-state index in [2.05, 4.69) is 20.8 Å². The van der Waals surface area contributed by atoms with Gasteiger partial charge in [0.05, 0.1) is 6.10 Å². The second-order valence-corrected chi connectivity index (χ2v) is 6.73. The number of carbonyl (C=O) groups excluding carboxylic acids is 1. The fraction of sp³-hybridized carbons (Fsp3) is 0.533. The van der Waals surface area contributed by atoms with Gasteiger partial charge >= 0.3 is 0 Å². The fourth-order valence-electron chi connectivity index (χ4n) is 2.74. The normalized spacial score (nSPS) is 20.2. The summed E-state index contributed by atoms with van der Waals surface area (Å²) in [5.41, 5.74) is 1.15. The third-order valence-electron chi connectivity index (χ3n) is 3.94. The number of likely N-dealkylation sites (N-methyl/N-ethyl adjacent to an activating group) is 1. The lowest BCUT2D eigenvalue weighted by atomic mass is 9.95. The minimum absolute atomic E-state index is 0.0975. The average Bonchev–Trinajstić information content (AvgIpc) is 2.35. The number of rotatable bonds is 2. The first-order valence-electron chi connectivity index (χ1n) is 6.76. The Bertz CT molecular complexity index is 529. The molecule has 0 radical (unpaired) electrons. The molecule has 20 heavy (non-hydrogen) atoms. The number of piperazine rings is 1. The lowest BCUT2D eigenvalue weighted by Crippen LogP contribution is -2.62. The van der Waals surface area contributed by atoms with Gasteiger partial charge in [-0.2, -0.15) is 0 Å². The van der Waals surface area contributed by atoms with Crippen LogP contribution in [0.4, 0.5) is 5.69 Å². The largest absolute Gasteiger partial charge is 0.389 e. The number of carbonyl (C=O) groups is 1. The van der Waals surface area contributed by atoms with Crippen molar-refractivity contribution in [3.63, 3.8) is 0 Å². The highest BCUT2D eigenvalue weighted by atomic mass is 79.9. The number of aliphatic hydroxyl groups is 1. The van der Waals surface area contributed by atoms with Crippen LogP contribution in [0, 0.1) is 0 Å². The van der Waals surface area contributed by atoms with Gasteiger partial charge in [0.1, 0.15) is 5.54 Å². The predicted molar refractivity (Wildman–Crippen MR) is 83.8 cm³/mol. The van der Waals surface area contributed by atoms with E-state index in [1.54, 1.807) is 11.8 Å². The summed E-state index contributed by atoms with van der Waals surface area (Å²) in [6.07, 6.45) is -0.566. The number of hydrogen-bond donors (Lipinski definition) is 1. The molecule has 0 bridgehead atoms. The van der Waals surface area contributed by atoms with E-state index >= 15 is 0 Å². The van der Waals surface area contributed by atoms with Gasteiger partial charge in [0.25, 0.3) is 0 Å². The molecule has 1 saturated heterocycles. The van der Waals surface area contributed by atoms with Crippen molar-refractivity contribution >= 4 is 27.5 Å². The van der Waals surface area contributed by atoms with Crippen LogP contribution in [0.3, 0.4) is 0 Å². The van der Waals surface area contributed by atoms with Crippen molar-refractivity contribution in [1.82, 2.24) is 4.90 Å². The zero-order valence-electron chi connectivity index (χ0n) is 12.4. The first kappa shape index (κ1) is 15.3. The molecule has 0 spiro atoms. The average molecular weight is 341 g/mol. The molecule has 0 aromatic heterocycles. The zero-order valence-corrected chi connectivity index (χ0v) is 13.9. The summed E-state index contributed by atoms with van der Waals surface area (Å²) in [6, 6.07) is 5.79. The van der Waals surface area contributed by atoms with E-state index in [0.717, 1.165) is 22.3 Å². The highest BCUT2D eigenvalue weighted by molar-refractivity contribution is 9.10. The number of halogens is 1. The lowest BCUT2D eigenvalue weighted by molar-refractivity contribution is -0.136. The van der Waals surface area contributed by atoms with Crippen LogP contribution in [0.2, 0.25) is 0 Å². The molecule has 1 heterocycles. The second-order valence-electron chi connectivity index (χ2n) is 5.82. The Labute approximate surface area is 128 Å². The Morgan fingerprint density at radius 2 is 2.00 bits per heavy atom. The number of benzene rings is 1. The summed E-state index contributed by atoms with van der Waals surface area (Å²) in [5, 5.41) is 9.98. The highest BCUT2D eigenvalue weighted by Crippen LogP contribution is 2.35. The van der Waals surface area contributed by atoms with Gasteiger partial charge in [-0.3, -0.25) is 4.79 Å². The van der Waals surface area contributed by atoms with Gasteiger partial charge < -0.3 is 14.9 Å². The Balaban J connectivity index is 2.50. The van der Waals surface area contributed by atoms with Crippen LogP contribution in [0.25, 0.3) is 0 Å². The van der Waals surface area contributed by atoms with Crippen LogP contribution >= 0.6 is 15.9 Å². The van der Waals surface area contributed by atoms with Crippen LogP contribution < -0.4 is 4.90 Å². The Kier molecular flexibility index (Phi) is 4.12. The number of amides is 1. The maximum atomic E-state index is 12.4. The van der Waals surface area contributed by atoms with Crippen LogP contribution in [0.5, 0.6) is 0 Å². The van der Waals surface area contributed by atoms with E-state index in [1.807, 2.05) is 39.1 Å². The molecule has 1 N–H and O–H groups in total. The molecule has 1 aromatic rings. The molecule has 0 saturated carbocycles. The van der Waals surface area contributed by atoms with E-state index < -0.39 is 11.6 Å². The Hall–Kier alpha value is -1.07. The first-order valence-corrected chi connectivity index (χ1v) is 7.55. The van der Waals surface area contributed by atoms with Gasteiger partial charge in [-0.05, 0) is 32.9 Å². The number of aliphatic hydroxyl groups excluding tert-OH is 1. The molecule has 1 unspecified atom stereocenters. The lowest BCUT2D eigenvalue weighted by Gasteiger charge is -2.47. The minimum atomic E-state index is -0.614. The van der Waals surface area contributed by atoms with Gasteiger partial charge in [0.2, 0.25) is 5.91 Å². The summed E-state index contributed by atoms with van der Waals surface area (Å²) in [4.78, 5) is 16.3. The van der Waals surface area contributed by atoms with Crippen LogP contribution in [-0.4, -0.2) is 41.6 Å². The molecular weight excluding hydrogens is 320 g/mol. The standard InChI is InChI=1S/C15H21BrN2O2/c1-10(19)12-6-5-11(16)9-13(12)18-8-7-17(4)14(20)15(18,2)3/h5-6,9-10,19H,7-8H2,1-4H3. The van der Waals surface area contributed by atoms with E-state index in [4.69, 9.17) is 0 Å². The second kappa shape index (κ2) is 5.37. The molecule has 5 heteroatoms. The molecule has 4 nitrogen and oxygen atoms in total. The van der Waals surface area contributed by atoms with Gasteiger partial charge in [-0.1, -0.05) is 22.0 Å². The minimum Gasteiger partial charge on any atom is -0.389 e. The first-order chi connectivity index (χ1) is 9.25. The SMILES string of the molecule is CC(O)c1ccc(Br)cc1N1CCN(C)C(=O)C1(C)C. The Morgan fingerprint density at radius 1 is 1.35 bits per heavy atom. The van der Waals surface area contributed by atoms with Crippen molar-refractivity contribution in [2.24, 2.45) is 0 Å². The maximum Gasteiger partial charge on any atom is 0.247 e. The Morgan fingerprint density at radius 3 is 2.60 bits per heavy atom. The van der Waals surface area contributed by atoms with Crippen molar-refractivity contribution in [1.29, 1.82) is 0 Å². The molecule has 1 aromatic carbocycles. The smallest absolute Gasteiger partial charge is 0.247 e. The fourth-order valence-corrected chi connectivity index (χ4v) is 3.09. The molecule has 1 atom stereocenters. The third kappa shape index (κ3) is 2.56. The molecular formula is C15H21BrN2O2. The van der Waals surface area contributed by atoms with Crippen LogP contribution in [0.15, 0.2) is 22.7 Å². The highest BCUT2D eigenvalue weighted by Gasteiger charge is 2.41. The van der Waals surface area contributed by atoms with Crippen LogP contribution in [-0.2, 0) is 4.79 Å². The maximum absolute atomic E-state index is 12.4. The number of nitrogens with zero attached hydrogens (tertiary/aromatic N) is 2. The molecule has 1 aliphatic heterocycles. The molecule has 1 aliphatic rings. The van der Waals surface area contributed by atoms with Gasteiger partial charge in [-0.25, -0.2) is 0 Å². The predicted octanol–water partition coefficient (Wildman–Crippen LogP) is 2.56. The number of hydrogen-bond acceptors (Lipinski definition) is 3. The molecule has 0 aliphatic carbocycles. The topological polar surface area (TPSA) is 43.8 Å². The van der Waals surface area contributed by atoms with E-state index in [9.17, 15) is 9.90 Å². The van der Waals surface area contributed by atoms with Gasteiger partial charge in [0.15, 0.2) is 0 Å². The molecule has 2 rings (SSSR count). The van der Waals surface area contributed by atoms with E-state index in [-0.39, 0.29) is 5.91 Å². The molecule has 110 valence electrons. The van der Waals surface area contributed by atoms with Gasteiger partial charge in [-0.15, -0.1) is 0 Å². The van der Waals surface area contributed by atoms with Crippen molar-refractivity contribution < 1.29 is 9.90 Å². The van der Waals surface area contributed by atoms with E-state index in [0.29, 0.717) is 6.54 Å². The summed E-state index contributed by atoms with van der Waals surface area (Å²) < 4.78 is 0.944. The van der Waals surface area contributed by atoms with Crippen molar-refractivity contribution in [3.8, 4) is 0 Å². The summed E-state index contributed by atoms with van der Waals surface area (Å²) in [5.74, 6) is 0.0975. The van der Waals surface area contributed by atoms with Crippen molar-refractivity contribution in [2.75, 3.05) is 25.0 Å².